The van der Waals surface area contributed by atoms with Crippen molar-refractivity contribution in [2.24, 2.45) is 11.8 Å². The number of likely N-dealkylation sites (tertiary alicyclic amines) is 2. The van der Waals surface area contributed by atoms with Gasteiger partial charge in [0.2, 0.25) is 17.2 Å². The summed E-state index contributed by atoms with van der Waals surface area (Å²) in [4.78, 5) is 84.2. The van der Waals surface area contributed by atoms with E-state index in [-0.39, 0.29) is 41.2 Å². The van der Waals surface area contributed by atoms with Crippen molar-refractivity contribution in [3.05, 3.63) is 82.8 Å². The number of amides is 4. The Hall–Kier alpha value is -6.71. The third-order valence-electron chi connectivity index (χ3n) is 11.8. The number of benzene rings is 3. The molecule has 0 saturated carbocycles. The van der Waals surface area contributed by atoms with Crippen LogP contribution in [-0.2, 0) is 14.3 Å². The SMILES string of the molecule is COC(=O)NC(C(=O)N1CCC[C@H]1c1ncc(-c2ccc3c(=O)c4c(ccc5cc(-c6cnc([C@@H]7CCCN7C(=O)C(NC(=O)O)C(C)C)[nH]6)ccc54)oc3c2)[nH]1)C(C)C. The van der Waals surface area contributed by atoms with E-state index in [1.807, 2.05) is 64.1 Å². The van der Waals surface area contributed by atoms with Crippen molar-refractivity contribution < 1.29 is 33.4 Å². The van der Waals surface area contributed by atoms with Crippen molar-refractivity contribution in [3.63, 3.8) is 0 Å². The minimum atomic E-state index is -1.24. The molecule has 0 aliphatic carbocycles. The zero-order valence-electron chi connectivity index (χ0n) is 34.1. The molecule has 0 bridgehead atoms. The number of methoxy groups -OCH3 is 1. The molecule has 312 valence electrons. The van der Waals surface area contributed by atoms with E-state index in [0.29, 0.717) is 65.2 Å². The highest BCUT2D eigenvalue weighted by molar-refractivity contribution is 6.09. The molecule has 0 spiro atoms. The van der Waals surface area contributed by atoms with E-state index in [0.717, 1.165) is 40.4 Å². The summed E-state index contributed by atoms with van der Waals surface area (Å²) in [5, 5.41) is 16.9. The summed E-state index contributed by atoms with van der Waals surface area (Å²) in [5.74, 6) is 0.440. The van der Waals surface area contributed by atoms with Gasteiger partial charge in [0.05, 0.1) is 53.7 Å². The molecule has 2 unspecified atom stereocenters. The molecule has 3 aromatic heterocycles. The first-order chi connectivity index (χ1) is 28.8. The lowest BCUT2D eigenvalue weighted by Gasteiger charge is -2.30. The van der Waals surface area contributed by atoms with Gasteiger partial charge in [-0.05, 0) is 72.6 Å². The number of nitrogens with zero attached hydrogens (tertiary/aromatic N) is 4. The number of carboxylic acid groups (broad SMARTS) is 1. The molecular weight excluding hydrogens is 769 g/mol. The van der Waals surface area contributed by atoms with E-state index in [1.165, 1.54) is 7.11 Å². The van der Waals surface area contributed by atoms with Crippen LogP contribution in [0.5, 0.6) is 0 Å². The molecule has 16 nitrogen and oxygen atoms in total. The maximum Gasteiger partial charge on any atom is 0.407 e. The number of aromatic nitrogens is 4. The lowest BCUT2D eigenvalue weighted by Crippen LogP contribution is -2.51. The fraction of sp³-hybridized carbons (Fsp3) is 0.386. The average Bonchev–Trinajstić information content (AvgIpc) is 4.07. The molecule has 0 radical (unpaired) electrons. The van der Waals surface area contributed by atoms with E-state index in [9.17, 15) is 29.1 Å². The maximum atomic E-state index is 14.1. The fourth-order valence-electron chi connectivity index (χ4n) is 8.65. The van der Waals surface area contributed by atoms with Crippen molar-refractivity contribution in [1.82, 2.24) is 40.4 Å². The van der Waals surface area contributed by atoms with Gasteiger partial charge in [-0.25, -0.2) is 19.6 Å². The van der Waals surface area contributed by atoms with E-state index < -0.39 is 24.3 Å². The number of ether oxygens (including phenoxy) is 1. The Morgan fingerprint density at radius 2 is 1.32 bits per heavy atom. The van der Waals surface area contributed by atoms with Gasteiger partial charge < -0.3 is 44.7 Å². The molecule has 2 fully saturated rings. The quantitative estimate of drug-likeness (QED) is 0.0714. The molecule has 4 amide bonds. The van der Waals surface area contributed by atoms with Crippen molar-refractivity contribution in [2.75, 3.05) is 20.2 Å². The van der Waals surface area contributed by atoms with E-state index in [4.69, 9.17) is 9.15 Å². The Kier molecular flexibility index (Phi) is 10.8. The lowest BCUT2D eigenvalue weighted by molar-refractivity contribution is -0.136. The van der Waals surface area contributed by atoms with Crippen LogP contribution in [0.25, 0.3) is 55.2 Å². The van der Waals surface area contributed by atoms with E-state index in [2.05, 4.69) is 30.6 Å². The normalized spacial score (nSPS) is 17.9. The second-order valence-electron chi connectivity index (χ2n) is 16.3. The van der Waals surface area contributed by atoms with Gasteiger partial charge in [-0.1, -0.05) is 52.0 Å². The van der Waals surface area contributed by atoms with Crippen LogP contribution in [0, 0.1) is 11.8 Å². The zero-order valence-corrected chi connectivity index (χ0v) is 34.1. The van der Waals surface area contributed by atoms with Crippen LogP contribution in [-0.4, -0.2) is 91.1 Å². The molecule has 5 heterocycles. The van der Waals surface area contributed by atoms with Crippen molar-refractivity contribution in [3.8, 4) is 22.5 Å². The molecule has 5 N–H and O–H groups in total. The molecule has 8 rings (SSSR count). The smallest absolute Gasteiger partial charge is 0.407 e. The molecule has 16 heteroatoms. The highest BCUT2D eigenvalue weighted by atomic mass is 16.5. The number of hydrogen-bond acceptors (Lipinski definition) is 9. The summed E-state index contributed by atoms with van der Waals surface area (Å²) in [5.41, 5.74) is 3.77. The monoisotopic (exact) mass is 816 g/mol. The van der Waals surface area contributed by atoms with Crippen LogP contribution in [0.3, 0.4) is 0 Å². The Bertz CT molecular complexity index is 2700. The van der Waals surface area contributed by atoms with Gasteiger partial charge in [-0.2, -0.15) is 0 Å². The van der Waals surface area contributed by atoms with E-state index in [1.54, 1.807) is 34.3 Å². The van der Waals surface area contributed by atoms with Gasteiger partial charge in [0.1, 0.15) is 34.9 Å². The Morgan fingerprint density at radius 1 is 0.767 bits per heavy atom. The number of aromatic amines is 2. The van der Waals surface area contributed by atoms with Gasteiger partial charge in [-0.15, -0.1) is 0 Å². The maximum absolute atomic E-state index is 14.1. The van der Waals surface area contributed by atoms with Crippen LogP contribution >= 0.6 is 0 Å². The van der Waals surface area contributed by atoms with Crippen LogP contribution < -0.4 is 16.1 Å². The number of hydrogen-bond donors (Lipinski definition) is 5. The molecule has 60 heavy (non-hydrogen) atoms. The second kappa shape index (κ2) is 16.2. The number of carbonyl (C=O) groups is 4. The van der Waals surface area contributed by atoms with Gasteiger partial charge >= 0.3 is 12.2 Å². The third-order valence-corrected chi connectivity index (χ3v) is 11.8. The first-order valence-corrected chi connectivity index (χ1v) is 20.3. The predicted octanol–water partition coefficient (Wildman–Crippen LogP) is 6.88. The fourth-order valence-corrected chi connectivity index (χ4v) is 8.65. The minimum absolute atomic E-state index is 0.148. The first kappa shape index (κ1) is 40.1. The first-order valence-electron chi connectivity index (χ1n) is 20.3. The molecule has 2 aliphatic rings. The summed E-state index contributed by atoms with van der Waals surface area (Å²) in [6.45, 7) is 8.43. The van der Waals surface area contributed by atoms with Gasteiger partial charge in [-0.3, -0.25) is 14.4 Å². The van der Waals surface area contributed by atoms with E-state index >= 15 is 0 Å². The van der Waals surface area contributed by atoms with Crippen LogP contribution in [0.1, 0.15) is 77.1 Å². The molecular formula is C44H48N8O8. The Labute approximate surface area is 344 Å². The number of H-pyrrole nitrogens is 2. The summed E-state index contributed by atoms with van der Waals surface area (Å²) in [6.07, 6.45) is 4.54. The number of carbonyl (C=O) groups excluding carboxylic acids is 3. The van der Waals surface area contributed by atoms with Crippen molar-refractivity contribution in [2.45, 2.75) is 77.5 Å². The summed E-state index contributed by atoms with van der Waals surface area (Å²) in [6, 6.07) is 12.7. The summed E-state index contributed by atoms with van der Waals surface area (Å²) in [7, 11) is 1.27. The predicted molar refractivity (Wildman–Crippen MR) is 224 cm³/mol. The largest absolute Gasteiger partial charge is 0.465 e. The zero-order chi connectivity index (χ0) is 42.4. The topological polar surface area (TPSA) is 216 Å². The summed E-state index contributed by atoms with van der Waals surface area (Å²) >= 11 is 0. The number of nitrogens with one attached hydrogen (secondary N) is 4. The van der Waals surface area contributed by atoms with Crippen molar-refractivity contribution in [1.29, 1.82) is 0 Å². The minimum Gasteiger partial charge on any atom is -0.465 e. The number of fused-ring (bicyclic) bond motifs is 4. The number of alkyl carbamates (subject to hydrolysis) is 1. The van der Waals surface area contributed by atoms with Gasteiger partial charge in [0.15, 0.2) is 0 Å². The third kappa shape index (κ3) is 7.41. The number of imidazole rings is 2. The Balaban J connectivity index is 1.04. The van der Waals surface area contributed by atoms with Crippen LogP contribution in [0.15, 0.2) is 70.1 Å². The highest BCUT2D eigenvalue weighted by Gasteiger charge is 2.39. The van der Waals surface area contributed by atoms with Crippen molar-refractivity contribution >= 4 is 56.7 Å². The summed E-state index contributed by atoms with van der Waals surface area (Å²) < 4.78 is 11.1. The second-order valence-corrected chi connectivity index (χ2v) is 16.3. The lowest BCUT2D eigenvalue weighted by atomic mass is 10.0. The molecule has 2 aliphatic heterocycles. The molecule has 6 aromatic rings. The van der Waals surface area contributed by atoms with Gasteiger partial charge in [0, 0.05) is 24.2 Å². The van der Waals surface area contributed by atoms with Gasteiger partial charge in [0.25, 0.3) is 0 Å². The van der Waals surface area contributed by atoms with Crippen LogP contribution in [0.4, 0.5) is 9.59 Å². The highest BCUT2D eigenvalue weighted by Crippen LogP contribution is 2.36. The molecule has 3 aromatic carbocycles. The van der Waals surface area contributed by atoms with Crippen LogP contribution in [0.2, 0.25) is 0 Å². The average molecular weight is 817 g/mol. The standard InChI is InChI=1S/C44H48N8O8/c1-22(2)36(49-43(56)57)41(54)51-16-6-8-31(51)39-45-20-29(47-39)25-10-13-27-24(18-25)12-15-33-35(27)38(53)28-14-11-26(19-34(28)60-33)30-21-46-40(48-30)32-9-7-17-52(32)42(55)37(23(3)4)50-44(58)59-5/h10-15,18-23,31-32,36-37,49H,6-9,16-17H2,1-5H3,(H,45,47)(H,46,48)(H,50,58)(H,56,57)/t31-,32-,36?,37?/m0/s1. The molecule has 2 saturated heterocycles. The molecule has 4 atom stereocenters. The Morgan fingerprint density at radius 3 is 1.87 bits per heavy atom. The number of rotatable bonds is 10.